The number of morpholine rings is 1. The van der Waals surface area contributed by atoms with Gasteiger partial charge in [0.1, 0.15) is 5.82 Å². The van der Waals surface area contributed by atoms with Gasteiger partial charge in [0, 0.05) is 26.2 Å². The molecule has 0 aliphatic carbocycles. The fourth-order valence-electron chi connectivity index (χ4n) is 4.97. The van der Waals surface area contributed by atoms with Crippen LogP contribution < -0.4 is 5.32 Å². The molecule has 1 aromatic carbocycles. The smallest absolute Gasteiger partial charge is 0.243 e. The number of aliphatic hydroxyl groups excluding tert-OH is 1. The first kappa shape index (κ1) is 27.4. The molecule has 3 aliphatic rings. The van der Waals surface area contributed by atoms with E-state index < -0.39 is 34.1 Å². The number of nitrogens with one attached hydrogen (secondary N) is 1. The lowest BCUT2D eigenvalue weighted by Gasteiger charge is -2.43. The predicted octanol–water partition coefficient (Wildman–Crippen LogP) is 0.352. The molecule has 4 atom stereocenters. The van der Waals surface area contributed by atoms with E-state index in [0.29, 0.717) is 19.4 Å². The Bertz CT molecular complexity index is 976. The minimum absolute atomic E-state index is 0.0456. The molecule has 0 spiro atoms. The zero-order valence-electron chi connectivity index (χ0n) is 20.4. The molecule has 0 saturated carbocycles. The monoisotopic (exact) mass is 529 g/mol. The van der Waals surface area contributed by atoms with Gasteiger partial charge in [0.15, 0.2) is 0 Å². The average Bonchev–Trinajstić information content (AvgIpc) is 2.85. The van der Waals surface area contributed by atoms with Gasteiger partial charge < -0.3 is 24.6 Å². The standard InChI is InChI=1S/C24H36FN3O7S/c25-18-3-1-4-21(13-18)36(31,32)28-15-19(29)16-34-17-23-22(28)6-5-20(35-23)14-24(30)26-7-2-8-27-9-11-33-12-10-27/h1,3-4,13,19-20,22-23,29H,2,5-12,14-17H2,(H,26,30)/t19-,20-,22-,23+/m1/s1. The zero-order chi connectivity index (χ0) is 25.5. The van der Waals surface area contributed by atoms with E-state index in [0.717, 1.165) is 45.3 Å². The molecule has 10 nitrogen and oxygen atoms in total. The number of aliphatic hydroxyl groups is 1. The van der Waals surface area contributed by atoms with Crippen LogP contribution in [0.3, 0.4) is 0 Å². The van der Waals surface area contributed by atoms with Crippen molar-refractivity contribution in [2.24, 2.45) is 0 Å². The number of hydrogen-bond donors (Lipinski definition) is 2. The molecule has 36 heavy (non-hydrogen) atoms. The van der Waals surface area contributed by atoms with E-state index >= 15 is 0 Å². The molecule has 2 N–H and O–H groups in total. The van der Waals surface area contributed by atoms with Crippen LogP contribution in [-0.4, -0.2) is 112 Å². The number of β-amino-alcohol motifs (C(OH)–C–C–N with tert-alkyl or cyclic N) is 1. The lowest BCUT2D eigenvalue weighted by molar-refractivity contribution is -0.146. The Morgan fingerprint density at radius 1 is 1.17 bits per heavy atom. The van der Waals surface area contributed by atoms with Crippen molar-refractivity contribution in [3.63, 3.8) is 0 Å². The maximum Gasteiger partial charge on any atom is 0.243 e. The number of rotatable bonds is 8. The quantitative estimate of drug-likeness (QED) is 0.464. The molecule has 3 fully saturated rings. The molecule has 0 unspecified atom stereocenters. The van der Waals surface area contributed by atoms with Crippen LogP contribution in [0.5, 0.6) is 0 Å². The summed E-state index contributed by atoms with van der Waals surface area (Å²) in [5.41, 5.74) is 0. The second kappa shape index (κ2) is 12.7. The number of hydrogen-bond acceptors (Lipinski definition) is 8. The second-order valence-corrected chi connectivity index (χ2v) is 11.4. The van der Waals surface area contributed by atoms with Crippen molar-refractivity contribution in [1.29, 1.82) is 0 Å². The topological polar surface area (TPSA) is 118 Å². The summed E-state index contributed by atoms with van der Waals surface area (Å²) in [5, 5.41) is 13.2. The summed E-state index contributed by atoms with van der Waals surface area (Å²) in [5.74, 6) is -0.758. The van der Waals surface area contributed by atoms with Crippen molar-refractivity contribution in [1.82, 2.24) is 14.5 Å². The number of carbonyl (C=O) groups excluding carboxylic acids is 1. The third-order valence-corrected chi connectivity index (χ3v) is 8.71. The highest BCUT2D eigenvalue weighted by Crippen LogP contribution is 2.31. The molecular formula is C24H36FN3O7S. The Labute approximate surface area is 211 Å². The van der Waals surface area contributed by atoms with Crippen molar-refractivity contribution in [3.8, 4) is 0 Å². The maximum absolute atomic E-state index is 13.8. The van der Waals surface area contributed by atoms with Gasteiger partial charge in [0.25, 0.3) is 0 Å². The van der Waals surface area contributed by atoms with Gasteiger partial charge >= 0.3 is 0 Å². The first-order valence-electron chi connectivity index (χ1n) is 12.6. The maximum atomic E-state index is 13.8. The number of benzene rings is 1. The summed E-state index contributed by atoms with van der Waals surface area (Å²) < 4.78 is 58.8. The summed E-state index contributed by atoms with van der Waals surface area (Å²) >= 11 is 0. The molecule has 0 aromatic heterocycles. The number of nitrogens with zero attached hydrogens (tertiary/aromatic N) is 2. The molecular weight excluding hydrogens is 493 g/mol. The third-order valence-electron chi connectivity index (χ3n) is 6.83. The molecule has 12 heteroatoms. The van der Waals surface area contributed by atoms with Gasteiger partial charge in [-0.15, -0.1) is 0 Å². The first-order valence-corrected chi connectivity index (χ1v) is 14.0. The highest BCUT2D eigenvalue weighted by molar-refractivity contribution is 7.89. The van der Waals surface area contributed by atoms with E-state index in [1.54, 1.807) is 0 Å². The molecule has 3 aliphatic heterocycles. The summed E-state index contributed by atoms with van der Waals surface area (Å²) in [4.78, 5) is 14.6. The Morgan fingerprint density at radius 2 is 1.97 bits per heavy atom. The van der Waals surface area contributed by atoms with Gasteiger partial charge in [-0.1, -0.05) is 6.07 Å². The van der Waals surface area contributed by atoms with Crippen molar-refractivity contribution in [3.05, 3.63) is 30.1 Å². The number of fused-ring (bicyclic) bond motifs is 1. The Hall–Kier alpha value is -1.67. The Balaban J connectivity index is 1.33. The SMILES string of the molecule is O=C(C[C@H]1CC[C@@H]2[C@H](COC[C@H](O)CN2S(=O)(=O)c2cccc(F)c2)O1)NCCCN1CCOCC1. The number of carbonyl (C=O) groups is 1. The van der Waals surface area contributed by atoms with Gasteiger partial charge in [-0.3, -0.25) is 9.69 Å². The van der Waals surface area contributed by atoms with Crippen LogP contribution in [0.25, 0.3) is 0 Å². The fourth-order valence-corrected chi connectivity index (χ4v) is 6.72. The third kappa shape index (κ3) is 7.21. The van der Waals surface area contributed by atoms with Crippen LogP contribution in [0.2, 0.25) is 0 Å². The molecule has 0 radical (unpaired) electrons. The zero-order valence-corrected chi connectivity index (χ0v) is 21.2. The van der Waals surface area contributed by atoms with E-state index in [-0.39, 0.29) is 43.1 Å². The van der Waals surface area contributed by atoms with Crippen molar-refractivity contribution in [2.75, 3.05) is 59.2 Å². The van der Waals surface area contributed by atoms with Crippen LogP contribution in [-0.2, 0) is 29.0 Å². The van der Waals surface area contributed by atoms with Crippen LogP contribution in [0, 0.1) is 5.82 Å². The summed E-state index contributed by atoms with van der Waals surface area (Å²) in [6.07, 6.45) is -0.0377. The number of ether oxygens (including phenoxy) is 3. The summed E-state index contributed by atoms with van der Waals surface area (Å²) in [7, 11) is -4.09. The average molecular weight is 530 g/mol. The van der Waals surface area contributed by atoms with Crippen molar-refractivity contribution >= 4 is 15.9 Å². The van der Waals surface area contributed by atoms with E-state index in [9.17, 15) is 22.7 Å². The van der Waals surface area contributed by atoms with Crippen molar-refractivity contribution < 1.29 is 36.9 Å². The first-order chi connectivity index (χ1) is 17.3. The lowest BCUT2D eigenvalue weighted by atomic mass is 9.96. The Kier molecular flexibility index (Phi) is 9.67. The highest BCUT2D eigenvalue weighted by Gasteiger charge is 2.43. The van der Waals surface area contributed by atoms with Crippen LogP contribution in [0.4, 0.5) is 4.39 Å². The Morgan fingerprint density at radius 3 is 2.75 bits per heavy atom. The largest absolute Gasteiger partial charge is 0.389 e. The molecule has 0 bridgehead atoms. The summed E-state index contributed by atoms with van der Waals surface area (Å²) in [6, 6.07) is 4.24. The molecule has 3 heterocycles. The van der Waals surface area contributed by atoms with Crippen LogP contribution in [0.1, 0.15) is 25.7 Å². The molecule has 4 rings (SSSR count). The predicted molar refractivity (Wildman–Crippen MR) is 128 cm³/mol. The van der Waals surface area contributed by atoms with E-state index in [1.165, 1.54) is 22.5 Å². The number of sulfonamides is 1. The second-order valence-electron chi connectivity index (χ2n) is 9.53. The lowest BCUT2D eigenvalue weighted by Crippen LogP contribution is -2.57. The molecule has 1 aromatic rings. The van der Waals surface area contributed by atoms with Gasteiger partial charge in [-0.25, -0.2) is 12.8 Å². The van der Waals surface area contributed by atoms with E-state index in [2.05, 4.69) is 10.2 Å². The molecule has 1 amide bonds. The summed E-state index contributed by atoms with van der Waals surface area (Å²) in [6.45, 7) is 4.67. The van der Waals surface area contributed by atoms with Crippen molar-refractivity contribution in [2.45, 2.75) is 54.9 Å². The van der Waals surface area contributed by atoms with E-state index in [4.69, 9.17) is 14.2 Å². The van der Waals surface area contributed by atoms with Crippen LogP contribution >= 0.6 is 0 Å². The van der Waals surface area contributed by atoms with Gasteiger partial charge in [-0.05, 0) is 44.0 Å². The normalized spacial score (nSPS) is 28.6. The number of amides is 1. The minimum Gasteiger partial charge on any atom is -0.389 e. The van der Waals surface area contributed by atoms with Gasteiger partial charge in [0.05, 0.1) is 62.1 Å². The fraction of sp³-hybridized carbons (Fsp3) is 0.708. The highest BCUT2D eigenvalue weighted by atomic mass is 32.2. The number of halogens is 1. The van der Waals surface area contributed by atoms with Gasteiger partial charge in [-0.2, -0.15) is 4.31 Å². The molecule has 202 valence electrons. The molecule has 3 saturated heterocycles. The minimum atomic E-state index is -4.09. The van der Waals surface area contributed by atoms with Crippen LogP contribution in [0.15, 0.2) is 29.2 Å². The van der Waals surface area contributed by atoms with Gasteiger partial charge in [0.2, 0.25) is 15.9 Å². The van der Waals surface area contributed by atoms with E-state index in [1.807, 2.05) is 0 Å².